The van der Waals surface area contributed by atoms with Crippen LogP contribution in [0, 0.1) is 12.8 Å². The molecule has 1 aliphatic rings. The van der Waals surface area contributed by atoms with Gasteiger partial charge in [-0.25, -0.2) is 21.6 Å². The first-order valence-electron chi connectivity index (χ1n) is 10.7. The molecule has 1 fully saturated rings. The third-order valence-electron chi connectivity index (χ3n) is 5.63. The van der Waals surface area contributed by atoms with Crippen LogP contribution in [-0.2, 0) is 24.8 Å². The second-order valence-electron chi connectivity index (χ2n) is 7.98. The van der Waals surface area contributed by atoms with E-state index in [9.17, 15) is 21.6 Å². The molecular weight excluding hydrogens is 502 g/mol. The lowest BCUT2D eigenvalue weighted by Crippen LogP contribution is -2.44. The van der Waals surface area contributed by atoms with Gasteiger partial charge < -0.3 is 10.1 Å². The van der Waals surface area contributed by atoms with Crippen LogP contribution in [0.15, 0.2) is 52.3 Å². The van der Waals surface area contributed by atoms with E-state index in [-0.39, 0.29) is 52.8 Å². The molecular formula is C22H28ClN3O6S2. The lowest BCUT2D eigenvalue weighted by molar-refractivity contribution is -0.126. The molecule has 9 nitrogen and oxygen atoms in total. The first-order chi connectivity index (χ1) is 16.0. The number of halogens is 1. The van der Waals surface area contributed by atoms with Crippen molar-refractivity contribution in [2.45, 2.75) is 29.6 Å². The zero-order valence-corrected chi connectivity index (χ0v) is 21.3. The number of methoxy groups -OCH3 is 1. The molecule has 0 aromatic heterocycles. The number of nitrogens with one attached hydrogen (secondary N) is 2. The molecule has 3 rings (SSSR count). The molecule has 0 saturated carbocycles. The van der Waals surface area contributed by atoms with E-state index in [0.717, 1.165) is 5.56 Å². The minimum atomic E-state index is -3.74. The number of aryl methyl sites for hydroxylation is 1. The number of amides is 1. The molecule has 0 atom stereocenters. The highest BCUT2D eigenvalue weighted by atomic mass is 35.5. The molecule has 0 unspecified atom stereocenters. The van der Waals surface area contributed by atoms with Crippen molar-refractivity contribution >= 4 is 37.6 Å². The van der Waals surface area contributed by atoms with Gasteiger partial charge in [-0.15, -0.1) is 0 Å². The van der Waals surface area contributed by atoms with Gasteiger partial charge in [-0.3, -0.25) is 4.79 Å². The summed E-state index contributed by atoms with van der Waals surface area (Å²) in [5, 5.41) is 2.93. The summed E-state index contributed by atoms with van der Waals surface area (Å²) in [7, 11) is -5.94. The summed E-state index contributed by atoms with van der Waals surface area (Å²) in [5.74, 6) is -0.184. The Morgan fingerprint density at radius 1 is 1.03 bits per heavy atom. The van der Waals surface area contributed by atoms with Gasteiger partial charge in [0.1, 0.15) is 5.75 Å². The lowest BCUT2D eigenvalue weighted by atomic mass is 9.97. The number of hydrogen-bond donors (Lipinski definition) is 2. The highest BCUT2D eigenvalue weighted by molar-refractivity contribution is 7.89. The van der Waals surface area contributed by atoms with E-state index in [1.807, 2.05) is 6.92 Å². The van der Waals surface area contributed by atoms with Crippen LogP contribution in [0.3, 0.4) is 0 Å². The Hall–Kier alpha value is -2.18. The van der Waals surface area contributed by atoms with Gasteiger partial charge in [0, 0.05) is 32.1 Å². The largest absolute Gasteiger partial charge is 0.495 e. The maximum atomic E-state index is 12.9. The fourth-order valence-corrected chi connectivity index (χ4v) is 6.48. The van der Waals surface area contributed by atoms with Gasteiger partial charge in [0.2, 0.25) is 26.0 Å². The fourth-order valence-electron chi connectivity index (χ4n) is 3.63. The van der Waals surface area contributed by atoms with E-state index in [1.165, 1.54) is 41.7 Å². The van der Waals surface area contributed by atoms with Gasteiger partial charge in [0.05, 0.1) is 21.9 Å². The van der Waals surface area contributed by atoms with Crippen LogP contribution >= 0.6 is 11.6 Å². The van der Waals surface area contributed by atoms with Crippen molar-refractivity contribution in [3.63, 3.8) is 0 Å². The van der Waals surface area contributed by atoms with E-state index in [2.05, 4.69) is 10.0 Å². The molecule has 34 heavy (non-hydrogen) atoms. The summed E-state index contributed by atoms with van der Waals surface area (Å²) in [5.41, 5.74) is 0.956. The van der Waals surface area contributed by atoms with Gasteiger partial charge in [0.15, 0.2) is 0 Å². The van der Waals surface area contributed by atoms with Crippen molar-refractivity contribution in [2.75, 3.05) is 33.3 Å². The van der Waals surface area contributed by atoms with Gasteiger partial charge in [-0.2, -0.15) is 4.31 Å². The molecule has 186 valence electrons. The first-order valence-corrected chi connectivity index (χ1v) is 14.0. The van der Waals surface area contributed by atoms with Crippen molar-refractivity contribution in [1.29, 1.82) is 0 Å². The van der Waals surface area contributed by atoms with Crippen LogP contribution in [0.5, 0.6) is 5.75 Å². The van der Waals surface area contributed by atoms with Crippen molar-refractivity contribution < 1.29 is 26.4 Å². The number of carbonyl (C=O) groups excluding carboxylic acids is 1. The predicted octanol–water partition coefficient (Wildman–Crippen LogP) is 2.15. The highest BCUT2D eigenvalue weighted by Crippen LogP contribution is 2.30. The average molecular weight is 530 g/mol. The molecule has 1 aliphatic heterocycles. The Balaban J connectivity index is 1.47. The quantitative estimate of drug-likeness (QED) is 0.480. The van der Waals surface area contributed by atoms with Crippen LogP contribution in [-0.4, -0.2) is 60.3 Å². The third kappa shape index (κ3) is 6.28. The first kappa shape index (κ1) is 26.4. The topological polar surface area (TPSA) is 122 Å². The van der Waals surface area contributed by atoms with Crippen molar-refractivity contribution in [3.8, 4) is 5.75 Å². The number of sulfonamides is 2. The summed E-state index contributed by atoms with van der Waals surface area (Å²) in [6.45, 7) is 2.45. The van der Waals surface area contributed by atoms with Crippen molar-refractivity contribution in [1.82, 2.24) is 14.3 Å². The minimum absolute atomic E-state index is 0.0490. The molecule has 1 amide bonds. The number of ether oxygens (including phenoxy) is 1. The zero-order chi connectivity index (χ0) is 24.9. The van der Waals surface area contributed by atoms with Crippen molar-refractivity contribution in [2.24, 2.45) is 5.92 Å². The Bertz CT molecular complexity index is 1230. The molecule has 2 aromatic carbocycles. The smallest absolute Gasteiger partial charge is 0.243 e. The third-order valence-corrected chi connectivity index (χ3v) is 9.30. The van der Waals surface area contributed by atoms with Gasteiger partial charge in [-0.1, -0.05) is 29.3 Å². The molecule has 0 radical (unpaired) electrons. The molecule has 2 aromatic rings. The molecule has 12 heteroatoms. The Kier molecular flexibility index (Phi) is 8.58. The van der Waals surface area contributed by atoms with Crippen LogP contribution in [0.4, 0.5) is 0 Å². The molecule has 0 bridgehead atoms. The standard InChI is InChI=1S/C22H28ClN3O6S2/c1-16-3-5-18(6-4-16)33(28,29)25-12-11-24-22(27)17-9-13-26(14-10-17)34(30,31)19-7-8-21(32-2)20(23)15-19/h3-8,15,17,25H,9-14H2,1-2H3,(H,24,27). The number of piperidine rings is 1. The van der Waals surface area contributed by atoms with Crippen LogP contribution < -0.4 is 14.8 Å². The number of hydrogen-bond acceptors (Lipinski definition) is 6. The average Bonchev–Trinajstić information content (AvgIpc) is 2.82. The molecule has 0 spiro atoms. The minimum Gasteiger partial charge on any atom is -0.495 e. The maximum absolute atomic E-state index is 12.9. The summed E-state index contributed by atoms with van der Waals surface area (Å²) in [6.07, 6.45) is 0.730. The Morgan fingerprint density at radius 2 is 1.65 bits per heavy atom. The highest BCUT2D eigenvalue weighted by Gasteiger charge is 2.32. The summed E-state index contributed by atoms with van der Waals surface area (Å²) in [4.78, 5) is 12.7. The zero-order valence-electron chi connectivity index (χ0n) is 19.0. The number of rotatable bonds is 9. The van der Waals surface area contributed by atoms with Gasteiger partial charge in [-0.05, 0) is 50.1 Å². The molecule has 0 aliphatic carbocycles. The SMILES string of the molecule is COc1ccc(S(=O)(=O)N2CCC(C(=O)NCCNS(=O)(=O)c3ccc(C)cc3)CC2)cc1Cl. The van der Waals surface area contributed by atoms with E-state index in [4.69, 9.17) is 16.3 Å². The normalized spacial score (nSPS) is 15.7. The van der Waals surface area contributed by atoms with Crippen LogP contribution in [0.1, 0.15) is 18.4 Å². The van der Waals surface area contributed by atoms with Crippen LogP contribution in [0.25, 0.3) is 0 Å². The van der Waals surface area contributed by atoms with Gasteiger partial charge in [0.25, 0.3) is 0 Å². The van der Waals surface area contributed by atoms with E-state index in [0.29, 0.717) is 18.6 Å². The maximum Gasteiger partial charge on any atom is 0.243 e. The summed E-state index contributed by atoms with van der Waals surface area (Å²) >= 11 is 6.07. The Morgan fingerprint density at radius 3 is 2.24 bits per heavy atom. The number of benzene rings is 2. The predicted molar refractivity (Wildman–Crippen MR) is 129 cm³/mol. The summed E-state index contributed by atoms with van der Waals surface area (Å²) < 4.78 is 59.3. The van der Waals surface area contributed by atoms with Crippen molar-refractivity contribution in [3.05, 3.63) is 53.1 Å². The molecule has 1 saturated heterocycles. The number of nitrogens with zero attached hydrogens (tertiary/aromatic N) is 1. The number of carbonyl (C=O) groups is 1. The van der Waals surface area contributed by atoms with E-state index < -0.39 is 20.0 Å². The Labute approximate surface area is 205 Å². The second-order valence-corrected chi connectivity index (χ2v) is 12.1. The van der Waals surface area contributed by atoms with E-state index >= 15 is 0 Å². The molecule has 2 N–H and O–H groups in total. The fraction of sp³-hybridized carbons (Fsp3) is 0.409. The molecule has 1 heterocycles. The lowest BCUT2D eigenvalue weighted by Gasteiger charge is -2.30. The second kappa shape index (κ2) is 11.0. The van der Waals surface area contributed by atoms with Crippen LogP contribution in [0.2, 0.25) is 5.02 Å². The monoisotopic (exact) mass is 529 g/mol. The van der Waals surface area contributed by atoms with E-state index in [1.54, 1.807) is 12.1 Å². The summed E-state index contributed by atoms with van der Waals surface area (Å²) in [6, 6.07) is 10.8. The van der Waals surface area contributed by atoms with Gasteiger partial charge >= 0.3 is 0 Å².